The smallest absolute Gasteiger partial charge is 0.247 e. The van der Waals surface area contributed by atoms with Crippen molar-refractivity contribution in [3.8, 4) is 0 Å². The Balaban J connectivity index is 2.62. The predicted molar refractivity (Wildman–Crippen MR) is 112 cm³/mol. The maximum absolute atomic E-state index is 12.8. The molecule has 0 bridgehead atoms. The molecule has 0 saturated heterocycles. The van der Waals surface area contributed by atoms with E-state index in [2.05, 4.69) is 38.5 Å². The number of carbonyl (C=O) groups excluding carboxylic acids is 2. The molecule has 0 aromatic rings. The van der Waals surface area contributed by atoms with Crippen LogP contribution in [0.25, 0.3) is 0 Å². The number of hydrogen-bond acceptors (Lipinski definition) is 4. The molecular formula is C22H43N3O3. The highest BCUT2D eigenvalue weighted by molar-refractivity contribution is 5.87. The monoisotopic (exact) mass is 397 g/mol. The first-order valence-electron chi connectivity index (χ1n) is 11.3. The van der Waals surface area contributed by atoms with Gasteiger partial charge in [-0.1, -0.05) is 79.1 Å². The Bertz CT molecular complexity index is 448. The number of hydroxylamine groups is 1. The molecule has 1 fully saturated rings. The molecule has 6 nitrogen and oxygen atoms in total. The highest BCUT2D eigenvalue weighted by Gasteiger charge is 2.33. The minimum Gasteiger partial charge on any atom is -0.291 e. The van der Waals surface area contributed by atoms with Crippen molar-refractivity contribution >= 4 is 11.8 Å². The van der Waals surface area contributed by atoms with Crippen LogP contribution in [0.15, 0.2) is 0 Å². The number of nitrogens with one attached hydrogen (secondary N) is 3. The number of unbranched alkanes of at least 4 members (excludes halogenated alkanes) is 1. The highest BCUT2D eigenvalue weighted by atomic mass is 16.5. The molecule has 4 N–H and O–H groups in total. The molecule has 164 valence electrons. The summed E-state index contributed by atoms with van der Waals surface area (Å²) in [6.45, 7) is 8.92. The average Bonchev–Trinajstić information content (AvgIpc) is 2.66. The molecule has 1 aliphatic rings. The van der Waals surface area contributed by atoms with Gasteiger partial charge in [-0.3, -0.25) is 20.2 Å². The molecule has 1 unspecified atom stereocenters. The Morgan fingerprint density at radius 3 is 2.18 bits per heavy atom. The van der Waals surface area contributed by atoms with Crippen LogP contribution in [0.1, 0.15) is 91.9 Å². The average molecular weight is 398 g/mol. The molecule has 1 aliphatic carbocycles. The van der Waals surface area contributed by atoms with E-state index in [1.165, 1.54) is 38.5 Å². The second kappa shape index (κ2) is 13.9. The second-order valence-corrected chi connectivity index (χ2v) is 9.37. The Morgan fingerprint density at radius 2 is 1.61 bits per heavy atom. The zero-order chi connectivity index (χ0) is 20.9. The molecule has 28 heavy (non-hydrogen) atoms. The van der Waals surface area contributed by atoms with Crippen LogP contribution in [-0.4, -0.2) is 23.6 Å². The Labute approximate surface area is 171 Å². The fourth-order valence-corrected chi connectivity index (χ4v) is 4.27. The van der Waals surface area contributed by atoms with Crippen LogP contribution in [0.3, 0.4) is 0 Å². The van der Waals surface area contributed by atoms with Crippen LogP contribution in [-0.2, 0) is 9.59 Å². The van der Waals surface area contributed by atoms with Crippen molar-refractivity contribution in [2.75, 3.05) is 6.54 Å². The molecule has 1 rings (SSSR count). The van der Waals surface area contributed by atoms with Gasteiger partial charge in [0.2, 0.25) is 11.8 Å². The minimum absolute atomic E-state index is 0.157. The third-order valence-electron chi connectivity index (χ3n) is 5.82. The maximum Gasteiger partial charge on any atom is 0.247 e. The number of hydrogen-bond donors (Lipinski definition) is 4. The van der Waals surface area contributed by atoms with Gasteiger partial charge in [-0.15, -0.1) is 0 Å². The van der Waals surface area contributed by atoms with E-state index in [4.69, 9.17) is 0 Å². The van der Waals surface area contributed by atoms with Gasteiger partial charge in [-0.05, 0) is 30.6 Å². The summed E-state index contributed by atoms with van der Waals surface area (Å²) in [5, 5.41) is 9.23. The van der Waals surface area contributed by atoms with Gasteiger partial charge in [0.1, 0.15) is 0 Å². The predicted octanol–water partition coefficient (Wildman–Crippen LogP) is 4.19. The van der Waals surface area contributed by atoms with Crippen molar-refractivity contribution in [1.29, 1.82) is 0 Å². The molecule has 2 amide bonds. The van der Waals surface area contributed by atoms with Crippen molar-refractivity contribution in [3.05, 3.63) is 0 Å². The first kappa shape index (κ1) is 24.9. The van der Waals surface area contributed by atoms with Crippen molar-refractivity contribution < 1.29 is 14.8 Å². The molecule has 0 aromatic carbocycles. The quantitative estimate of drug-likeness (QED) is 0.213. The van der Waals surface area contributed by atoms with Crippen LogP contribution < -0.4 is 16.3 Å². The standard InChI is InChI=1S/C22H43N3O3/c1-16(2)14-20(21(26)24-23-15-17(3)4)19(22(27)25-28)13-9-8-12-18-10-6-5-7-11-18/h16-20,23,28H,5-15H2,1-4H3,(H,24,26)(H,25,27)/t19?,20-/m1/s1. The van der Waals surface area contributed by atoms with Gasteiger partial charge in [0.15, 0.2) is 0 Å². The lowest BCUT2D eigenvalue weighted by molar-refractivity contribution is -0.141. The van der Waals surface area contributed by atoms with Crippen molar-refractivity contribution in [2.45, 2.75) is 91.9 Å². The zero-order valence-electron chi connectivity index (χ0n) is 18.4. The summed E-state index contributed by atoms with van der Waals surface area (Å²) in [7, 11) is 0. The van der Waals surface area contributed by atoms with Crippen molar-refractivity contribution in [3.63, 3.8) is 0 Å². The molecule has 0 spiro atoms. The van der Waals surface area contributed by atoms with E-state index in [1.807, 2.05) is 0 Å². The van der Waals surface area contributed by atoms with E-state index in [0.717, 1.165) is 18.8 Å². The number of hydrazine groups is 1. The molecule has 1 saturated carbocycles. The van der Waals surface area contributed by atoms with E-state index in [0.29, 0.717) is 25.3 Å². The van der Waals surface area contributed by atoms with E-state index in [1.54, 1.807) is 5.48 Å². The molecule has 0 radical (unpaired) electrons. The summed E-state index contributed by atoms with van der Waals surface area (Å²) in [5.41, 5.74) is 7.54. The summed E-state index contributed by atoms with van der Waals surface area (Å²) in [5.74, 6) is -0.00947. The lowest BCUT2D eigenvalue weighted by Crippen LogP contribution is -2.47. The molecule has 2 atom stereocenters. The topological polar surface area (TPSA) is 90.5 Å². The van der Waals surface area contributed by atoms with Gasteiger partial charge >= 0.3 is 0 Å². The van der Waals surface area contributed by atoms with Crippen LogP contribution >= 0.6 is 0 Å². The van der Waals surface area contributed by atoms with Gasteiger partial charge in [0.05, 0.1) is 11.8 Å². The van der Waals surface area contributed by atoms with E-state index >= 15 is 0 Å². The summed E-state index contributed by atoms with van der Waals surface area (Å²) < 4.78 is 0. The van der Waals surface area contributed by atoms with Gasteiger partial charge in [-0.2, -0.15) is 0 Å². The van der Waals surface area contributed by atoms with Gasteiger partial charge in [-0.25, -0.2) is 10.9 Å². The lowest BCUT2D eigenvalue weighted by Gasteiger charge is -2.27. The molecule has 0 aliphatic heterocycles. The van der Waals surface area contributed by atoms with Crippen LogP contribution in [0.4, 0.5) is 0 Å². The summed E-state index contributed by atoms with van der Waals surface area (Å²) in [6, 6.07) is 0. The minimum atomic E-state index is -0.500. The number of rotatable bonds is 13. The third kappa shape index (κ3) is 9.87. The van der Waals surface area contributed by atoms with Gasteiger partial charge < -0.3 is 0 Å². The summed E-state index contributed by atoms with van der Waals surface area (Å²) in [4.78, 5) is 25.1. The molecule has 6 heteroatoms. The number of carbonyl (C=O) groups is 2. The van der Waals surface area contributed by atoms with Crippen LogP contribution in [0.5, 0.6) is 0 Å². The largest absolute Gasteiger partial charge is 0.291 e. The Hall–Kier alpha value is -1.14. The fraction of sp³-hybridized carbons (Fsp3) is 0.909. The van der Waals surface area contributed by atoms with Crippen LogP contribution in [0, 0.1) is 29.6 Å². The number of amides is 2. The first-order chi connectivity index (χ1) is 13.3. The maximum atomic E-state index is 12.8. The van der Waals surface area contributed by atoms with E-state index < -0.39 is 17.7 Å². The van der Waals surface area contributed by atoms with E-state index in [9.17, 15) is 14.8 Å². The van der Waals surface area contributed by atoms with Crippen molar-refractivity contribution in [2.24, 2.45) is 29.6 Å². The van der Waals surface area contributed by atoms with E-state index in [-0.39, 0.29) is 11.8 Å². The molecular weight excluding hydrogens is 354 g/mol. The zero-order valence-corrected chi connectivity index (χ0v) is 18.4. The Morgan fingerprint density at radius 1 is 0.929 bits per heavy atom. The first-order valence-corrected chi connectivity index (χ1v) is 11.3. The highest BCUT2D eigenvalue weighted by Crippen LogP contribution is 2.30. The third-order valence-corrected chi connectivity index (χ3v) is 5.82. The second-order valence-electron chi connectivity index (χ2n) is 9.37. The fourth-order valence-electron chi connectivity index (χ4n) is 4.27. The molecule has 0 heterocycles. The SMILES string of the molecule is CC(C)CNNC(=O)[C@H](CC(C)C)C(CCCCC1CCCCC1)C(=O)NO. The van der Waals surface area contributed by atoms with Gasteiger partial charge in [0, 0.05) is 6.54 Å². The van der Waals surface area contributed by atoms with Crippen molar-refractivity contribution in [1.82, 2.24) is 16.3 Å². The van der Waals surface area contributed by atoms with Crippen LogP contribution in [0.2, 0.25) is 0 Å². The summed E-state index contributed by atoms with van der Waals surface area (Å²) in [6.07, 6.45) is 11.2. The van der Waals surface area contributed by atoms with Gasteiger partial charge in [0.25, 0.3) is 0 Å². The normalized spacial score (nSPS) is 17.5. The molecule has 0 aromatic heterocycles. The Kier molecular flexibility index (Phi) is 12.4. The summed E-state index contributed by atoms with van der Waals surface area (Å²) >= 11 is 0. The lowest BCUT2D eigenvalue weighted by atomic mass is 9.80.